The van der Waals surface area contributed by atoms with Gasteiger partial charge >= 0.3 is 0 Å². The lowest BCUT2D eigenvalue weighted by Crippen LogP contribution is -2.44. The van der Waals surface area contributed by atoms with E-state index in [1.807, 2.05) is 16.3 Å². The van der Waals surface area contributed by atoms with Crippen LogP contribution in [-0.4, -0.2) is 38.7 Å². The number of benzene rings is 1. The Morgan fingerprint density at radius 3 is 2.83 bits per heavy atom. The average molecular weight is 448 g/mol. The Bertz CT molecular complexity index is 1080. The summed E-state index contributed by atoms with van der Waals surface area (Å²) in [6, 6.07) is 9.27. The van der Waals surface area contributed by atoms with E-state index in [4.69, 9.17) is 11.6 Å². The zero-order valence-electron chi connectivity index (χ0n) is 16.1. The fourth-order valence-electron chi connectivity index (χ4n) is 3.77. The minimum absolute atomic E-state index is 0.115. The SMILES string of the molecule is CC[C@H]1CCCCN1C(=O)CSc1nc2ccsc2c(=O)n1-c1ccc(Cl)cc1. The van der Waals surface area contributed by atoms with E-state index in [1.54, 1.807) is 28.8 Å². The molecule has 3 aromatic rings. The topological polar surface area (TPSA) is 55.2 Å². The smallest absolute Gasteiger partial charge is 0.276 e. The Morgan fingerprint density at radius 1 is 1.28 bits per heavy atom. The summed E-state index contributed by atoms with van der Waals surface area (Å²) >= 11 is 8.72. The van der Waals surface area contributed by atoms with E-state index in [1.165, 1.54) is 29.5 Å². The van der Waals surface area contributed by atoms with Crippen LogP contribution in [0.25, 0.3) is 15.9 Å². The van der Waals surface area contributed by atoms with Crippen LogP contribution in [0.3, 0.4) is 0 Å². The number of carbonyl (C=O) groups is 1. The molecule has 0 N–H and O–H groups in total. The summed E-state index contributed by atoms with van der Waals surface area (Å²) in [5, 5.41) is 3.00. The van der Waals surface area contributed by atoms with Gasteiger partial charge in [0.05, 0.1) is 17.0 Å². The fraction of sp³-hybridized carbons (Fsp3) is 0.381. The van der Waals surface area contributed by atoms with Crippen LogP contribution < -0.4 is 5.56 Å². The second kappa shape index (κ2) is 8.90. The minimum atomic E-state index is -0.119. The Kier molecular flexibility index (Phi) is 6.27. The predicted octanol–water partition coefficient (Wildman–Crippen LogP) is 4.98. The van der Waals surface area contributed by atoms with Crippen LogP contribution in [0.4, 0.5) is 0 Å². The third-order valence-electron chi connectivity index (χ3n) is 5.28. The Labute approximate surface area is 182 Å². The highest BCUT2D eigenvalue weighted by Crippen LogP contribution is 2.26. The molecule has 0 aliphatic carbocycles. The number of amides is 1. The van der Waals surface area contributed by atoms with Crippen LogP contribution in [-0.2, 0) is 4.79 Å². The maximum absolute atomic E-state index is 13.1. The van der Waals surface area contributed by atoms with Crippen molar-refractivity contribution in [1.29, 1.82) is 0 Å². The lowest BCUT2D eigenvalue weighted by Gasteiger charge is -2.35. The van der Waals surface area contributed by atoms with Gasteiger partial charge in [0.2, 0.25) is 5.91 Å². The van der Waals surface area contributed by atoms with Gasteiger partial charge in [-0.1, -0.05) is 30.3 Å². The first kappa shape index (κ1) is 20.4. The minimum Gasteiger partial charge on any atom is -0.339 e. The average Bonchev–Trinajstić information content (AvgIpc) is 3.22. The van der Waals surface area contributed by atoms with Crippen LogP contribution in [0, 0.1) is 0 Å². The molecular weight excluding hydrogens is 426 g/mol. The quantitative estimate of drug-likeness (QED) is 0.408. The lowest BCUT2D eigenvalue weighted by atomic mass is 10.0. The molecule has 1 amide bonds. The Morgan fingerprint density at radius 2 is 2.07 bits per heavy atom. The van der Waals surface area contributed by atoms with Crippen molar-refractivity contribution >= 4 is 50.8 Å². The molecule has 5 nitrogen and oxygen atoms in total. The maximum Gasteiger partial charge on any atom is 0.276 e. The molecule has 1 aromatic carbocycles. The summed E-state index contributed by atoms with van der Waals surface area (Å²) in [6.45, 7) is 2.95. The van der Waals surface area contributed by atoms with Crippen LogP contribution in [0.15, 0.2) is 45.7 Å². The van der Waals surface area contributed by atoms with Crippen molar-refractivity contribution in [3.63, 3.8) is 0 Å². The van der Waals surface area contributed by atoms with Crippen LogP contribution in [0.1, 0.15) is 32.6 Å². The van der Waals surface area contributed by atoms with E-state index >= 15 is 0 Å². The first-order chi connectivity index (χ1) is 14.1. The van der Waals surface area contributed by atoms with Crippen molar-refractivity contribution in [3.8, 4) is 5.69 Å². The molecule has 1 aliphatic heterocycles. The molecule has 0 bridgehead atoms. The molecule has 0 spiro atoms. The third-order valence-corrected chi connectivity index (χ3v) is 7.34. The number of hydrogen-bond donors (Lipinski definition) is 0. The second-order valence-electron chi connectivity index (χ2n) is 7.08. The van der Waals surface area contributed by atoms with Gasteiger partial charge in [0.25, 0.3) is 5.56 Å². The van der Waals surface area contributed by atoms with E-state index in [2.05, 4.69) is 11.9 Å². The second-order valence-corrected chi connectivity index (χ2v) is 9.38. The zero-order chi connectivity index (χ0) is 20.4. The van der Waals surface area contributed by atoms with E-state index in [-0.39, 0.29) is 17.2 Å². The van der Waals surface area contributed by atoms with Gasteiger partial charge in [0.1, 0.15) is 4.70 Å². The molecule has 1 aliphatic rings. The van der Waals surface area contributed by atoms with Crippen molar-refractivity contribution in [2.24, 2.45) is 0 Å². The molecule has 3 heterocycles. The summed E-state index contributed by atoms with van der Waals surface area (Å²) in [5.41, 5.74) is 1.25. The number of aromatic nitrogens is 2. The van der Waals surface area contributed by atoms with E-state index in [9.17, 15) is 9.59 Å². The van der Waals surface area contributed by atoms with Crippen LogP contribution in [0.5, 0.6) is 0 Å². The number of likely N-dealkylation sites (tertiary alicyclic amines) is 1. The number of fused-ring (bicyclic) bond motifs is 1. The van der Waals surface area contributed by atoms with Gasteiger partial charge in [-0.05, 0) is 61.4 Å². The number of thiophene rings is 1. The van der Waals surface area contributed by atoms with Gasteiger partial charge in [-0.2, -0.15) is 0 Å². The molecule has 1 fully saturated rings. The molecular formula is C21H22ClN3O2S2. The van der Waals surface area contributed by atoms with Crippen molar-refractivity contribution < 1.29 is 4.79 Å². The molecule has 2 aromatic heterocycles. The van der Waals surface area contributed by atoms with Crippen LogP contribution >= 0.6 is 34.7 Å². The maximum atomic E-state index is 13.1. The largest absolute Gasteiger partial charge is 0.339 e. The molecule has 4 rings (SSSR count). The van der Waals surface area contributed by atoms with Gasteiger partial charge in [0.15, 0.2) is 5.16 Å². The van der Waals surface area contributed by atoms with E-state index < -0.39 is 0 Å². The molecule has 0 unspecified atom stereocenters. The van der Waals surface area contributed by atoms with Crippen molar-refractivity contribution in [1.82, 2.24) is 14.5 Å². The molecule has 0 radical (unpaired) electrons. The molecule has 0 saturated carbocycles. The summed E-state index contributed by atoms with van der Waals surface area (Å²) in [5.74, 6) is 0.385. The van der Waals surface area contributed by atoms with Gasteiger partial charge in [-0.15, -0.1) is 11.3 Å². The number of carbonyl (C=O) groups excluding carboxylic acids is 1. The highest BCUT2D eigenvalue weighted by molar-refractivity contribution is 7.99. The van der Waals surface area contributed by atoms with Crippen LogP contribution in [0.2, 0.25) is 5.02 Å². The van der Waals surface area contributed by atoms with E-state index in [0.717, 1.165) is 25.8 Å². The fourth-order valence-corrected chi connectivity index (χ4v) is 5.55. The third kappa shape index (κ3) is 4.22. The van der Waals surface area contributed by atoms with Gasteiger partial charge in [-0.3, -0.25) is 14.2 Å². The van der Waals surface area contributed by atoms with Gasteiger partial charge in [-0.25, -0.2) is 4.98 Å². The highest BCUT2D eigenvalue weighted by atomic mass is 35.5. The zero-order valence-corrected chi connectivity index (χ0v) is 18.5. The lowest BCUT2D eigenvalue weighted by molar-refractivity contribution is -0.132. The number of piperidine rings is 1. The number of thioether (sulfide) groups is 1. The van der Waals surface area contributed by atoms with Gasteiger partial charge in [0, 0.05) is 17.6 Å². The number of hydrogen-bond acceptors (Lipinski definition) is 5. The number of nitrogens with zero attached hydrogens (tertiary/aromatic N) is 3. The summed E-state index contributed by atoms with van der Waals surface area (Å²) in [4.78, 5) is 32.7. The highest BCUT2D eigenvalue weighted by Gasteiger charge is 2.26. The molecule has 29 heavy (non-hydrogen) atoms. The van der Waals surface area contributed by atoms with Crippen molar-refractivity contribution in [2.45, 2.75) is 43.8 Å². The summed E-state index contributed by atoms with van der Waals surface area (Å²) in [7, 11) is 0. The normalized spacial score (nSPS) is 17.0. The number of halogens is 1. The molecule has 152 valence electrons. The molecule has 8 heteroatoms. The summed E-state index contributed by atoms with van der Waals surface area (Å²) in [6.07, 6.45) is 4.29. The predicted molar refractivity (Wildman–Crippen MR) is 121 cm³/mol. The van der Waals surface area contributed by atoms with Gasteiger partial charge < -0.3 is 4.90 Å². The first-order valence-corrected chi connectivity index (χ1v) is 12.0. The van der Waals surface area contributed by atoms with Crippen molar-refractivity contribution in [2.75, 3.05) is 12.3 Å². The number of rotatable bonds is 5. The summed E-state index contributed by atoms with van der Waals surface area (Å²) < 4.78 is 2.19. The molecule has 1 atom stereocenters. The molecule has 1 saturated heterocycles. The first-order valence-electron chi connectivity index (χ1n) is 9.77. The van der Waals surface area contributed by atoms with E-state index in [0.29, 0.717) is 32.1 Å². The monoisotopic (exact) mass is 447 g/mol. The Balaban J connectivity index is 1.66. The Hall–Kier alpha value is -1.83. The standard InChI is InChI=1S/C21H22ClN3O2S2/c1-2-15-5-3-4-11-24(15)18(26)13-29-21-23-17-10-12-28-19(17)20(27)25(21)16-8-6-14(22)7-9-16/h6-10,12,15H,2-5,11,13H2,1H3/t15-/m0/s1. The van der Waals surface area contributed by atoms with Crippen molar-refractivity contribution in [3.05, 3.63) is 51.1 Å².